The molecule has 11 nitrogen and oxygen atoms in total. The minimum absolute atomic E-state index is 0.0321. The van der Waals surface area contributed by atoms with Crippen molar-refractivity contribution >= 4 is 23.2 Å². The molecule has 0 bridgehead atoms. The summed E-state index contributed by atoms with van der Waals surface area (Å²) in [4.78, 5) is 50.7. The Hall–Kier alpha value is -3.64. The smallest absolute Gasteiger partial charge is 0.349 e. The predicted molar refractivity (Wildman–Crippen MR) is 157 cm³/mol. The Morgan fingerprint density at radius 3 is 2.62 bits per heavy atom. The van der Waals surface area contributed by atoms with E-state index in [2.05, 4.69) is 0 Å². The fourth-order valence-electron chi connectivity index (χ4n) is 9.36. The number of ketones is 2. The molecule has 8 atom stereocenters. The van der Waals surface area contributed by atoms with E-state index in [1.54, 1.807) is 26.8 Å². The van der Waals surface area contributed by atoms with E-state index in [-0.39, 0.29) is 42.1 Å². The lowest BCUT2D eigenvalue weighted by Gasteiger charge is -2.67. The second kappa shape index (κ2) is 10.4. The quantitative estimate of drug-likeness (QED) is 0.248. The fourth-order valence-corrected chi connectivity index (χ4v) is 9.36. The molecule has 3 saturated carbocycles. The maximum Gasteiger partial charge on any atom is 0.349 e. The van der Waals surface area contributed by atoms with Crippen molar-refractivity contribution in [3.8, 4) is 11.5 Å². The van der Waals surface area contributed by atoms with Crippen LogP contribution in [0.1, 0.15) is 63.7 Å². The van der Waals surface area contributed by atoms with Crippen molar-refractivity contribution in [2.75, 3.05) is 20.3 Å². The summed E-state index contributed by atoms with van der Waals surface area (Å²) in [7, 11) is 1.32. The molecule has 4 fully saturated rings. The average molecular weight is 628 g/mol. The number of esters is 1. The number of rotatable bonds is 8. The molecule has 1 aromatic carbocycles. The third kappa shape index (κ3) is 4.10. The number of nitro groups is 1. The number of fused-ring (bicyclic) bond motifs is 4. The molecule has 5 aliphatic rings. The summed E-state index contributed by atoms with van der Waals surface area (Å²) in [6.07, 6.45) is 3.89. The average Bonchev–Trinajstić information content (AvgIpc) is 3.13. The molecule has 6 rings (SSSR count). The van der Waals surface area contributed by atoms with E-state index in [1.165, 1.54) is 25.3 Å². The molecular formula is C33H38FNO10. The molecular weight excluding hydrogens is 589 g/mol. The van der Waals surface area contributed by atoms with Crippen LogP contribution in [-0.2, 0) is 19.1 Å². The Balaban J connectivity index is 1.28. The van der Waals surface area contributed by atoms with Crippen molar-refractivity contribution in [1.82, 2.24) is 0 Å². The Labute approximate surface area is 259 Å². The van der Waals surface area contributed by atoms with Gasteiger partial charge < -0.3 is 24.1 Å². The van der Waals surface area contributed by atoms with Crippen LogP contribution < -0.4 is 9.47 Å². The highest BCUT2D eigenvalue weighted by Crippen LogP contribution is 2.74. The molecule has 1 spiro atoms. The molecule has 1 unspecified atom stereocenters. The summed E-state index contributed by atoms with van der Waals surface area (Å²) in [5, 5.41) is 23.5. The predicted octanol–water partition coefficient (Wildman–Crippen LogP) is 4.48. The number of nitro benzene ring substituents is 1. The number of aliphatic hydroxyl groups is 1. The molecule has 1 saturated heterocycles. The number of carbonyl (C=O) groups is 3. The molecule has 12 heteroatoms. The van der Waals surface area contributed by atoms with Gasteiger partial charge in [-0.2, -0.15) is 0 Å². The summed E-state index contributed by atoms with van der Waals surface area (Å²) in [5.74, 6) is -3.14. The molecule has 4 aliphatic carbocycles. The SMILES string of the molecule is COc1cc(OC(C)C)c(C(=O)OCC(=O)[C@]23OC[C@@]24C[C@H](O)[C@@]2(F)[C@@H](CCC5=CC(=O)C=C[C@@]52C)C4C[C@H]3C)c([N+](=O)[O-])c1. The molecule has 0 amide bonds. The van der Waals surface area contributed by atoms with E-state index in [4.69, 9.17) is 18.9 Å². The first-order valence-corrected chi connectivity index (χ1v) is 15.3. The van der Waals surface area contributed by atoms with Gasteiger partial charge in [-0.1, -0.05) is 18.6 Å². The highest BCUT2D eigenvalue weighted by atomic mass is 19.1. The van der Waals surface area contributed by atoms with E-state index in [0.29, 0.717) is 24.8 Å². The maximum absolute atomic E-state index is 17.5. The third-order valence-electron chi connectivity index (χ3n) is 11.3. The molecule has 0 radical (unpaired) electrons. The summed E-state index contributed by atoms with van der Waals surface area (Å²) >= 11 is 0. The number of ether oxygens (including phenoxy) is 4. The van der Waals surface area contributed by atoms with Crippen LogP contribution in [0, 0.1) is 38.7 Å². The van der Waals surface area contributed by atoms with Crippen LogP contribution in [0.5, 0.6) is 11.5 Å². The van der Waals surface area contributed by atoms with Crippen LogP contribution in [0.15, 0.2) is 35.9 Å². The standard InChI is InChI=1S/C33H38FNO10/c1-17(2)45-25-13-21(42-5)12-24(35(40)41)28(25)29(39)43-15-27(38)33-18(3)10-23-22-7-6-19-11-20(36)8-9-30(19,4)32(22,34)26(37)14-31(23,33)16-44-33/h8-9,11-13,17-18,22-23,26,37H,6-7,10,14-16H2,1-5H3/t18-,22+,23?,26+,30+,31-,32+,33+/m1/s1. The normalized spacial score (nSPS) is 37.8. The number of methoxy groups -OCH3 is 1. The van der Waals surface area contributed by atoms with Crippen LogP contribution >= 0.6 is 0 Å². The van der Waals surface area contributed by atoms with Gasteiger partial charge in [0.2, 0.25) is 5.78 Å². The number of allylic oxidation sites excluding steroid dienone is 4. The van der Waals surface area contributed by atoms with Gasteiger partial charge in [-0.25, -0.2) is 9.18 Å². The van der Waals surface area contributed by atoms with Gasteiger partial charge in [0.05, 0.1) is 36.9 Å². The molecule has 1 aliphatic heterocycles. The van der Waals surface area contributed by atoms with Gasteiger partial charge >= 0.3 is 5.97 Å². The number of benzene rings is 1. The molecule has 1 aromatic rings. The third-order valence-corrected chi connectivity index (χ3v) is 11.3. The van der Waals surface area contributed by atoms with Gasteiger partial charge in [0.25, 0.3) is 5.69 Å². The molecule has 242 valence electrons. The van der Waals surface area contributed by atoms with Crippen molar-refractivity contribution in [3.63, 3.8) is 0 Å². The maximum atomic E-state index is 17.5. The Kier molecular flexibility index (Phi) is 7.28. The monoisotopic (exact) mass is 627 g/mol. The first-order chi connectivity index (χ1) is 21.2. The number of hydrogen-bond acceptors (Lipinski definition) is 10. The minimum Gasteiger partial charge on any atom is -0.496 e. The first-order valence-electron chi connectivity index (χ1n) is 15.3. The van der Waals surface area contributed by atoms with Gasteiger partial charge in [-0.05, 0) is 70.4 Å². The van der Waals surface area contributed by atoms with E-state index in [9.17, 15) is 29.6 Å². The summed E-state index contributed by atoms with van der Waals surface area (Å²) in [6, 6.07) is 2.42. The number of Topliss-reactive ketones (excluding diaryl/α,β-unsaturated/α-hetero) is 1. The number of hydrogen-bond donors (Lipinski definition) is 1. The van der Waals surface area contributed by atoms with Crippen LogP contribution in [-0.4, -0.2) is 71.4 Å². The number of aliphatic hydroxyl groups excluding tert-OH is 1. The van der Waals surface area contributed by atoms with E-state index in [0.717, 1.165) is 6.07 Å². The zero-order valence-electron chi connectivity index (χ0n) is 26.0. The highest BCUT2D eigenvalue weighted by molar-refractivity contribution is 6.01. The topological polar surface area (TPSA) is 152 Å². The molecule has 1 heterocycles. The zero-order chi connectivity index (χ0) is 32.7. The summed E-state index contributed by atoms with van der Waals surface area (Å²) < 4.78 is 39.8. The van der Waals surface area contributed by atoms with Gasteiger partial charge in [-0.3, -0.25) is 19.7 Å². The molecule has 0 aromatic heterocycles. The van der Waals surface area contributed by atoms with E-state index >= 15 is 4.39 Å². The van der Waals surface area contributed by atoms with Gasteiger partial charge in [0.1, 0.15) is 17.1 Å². The minimum atomic E-state index is -2.05. The van der Waals surface area contributed by atoms with Crippen molar-refractivity contribution in [3.05, 3.63) is 51.6 Å². The van der Waals surface area contributed by atoms with Crippen molar-refractivity contribution in [2.45, 2.75) is 76.9 Å². The van der Waals surface area contributed by atoms with Crippen molar-refractivity contribution < 1.29 is 47.8 Å². The molecule has 1 N–H and O–H groups in total. The number of nitrogens with zero attached hydrogens (tertiary/aromatic N) is 1. The molecule has 45 heavy (non-hydrogen) atoms. The van der Waals surface area contributed by atoms with Crippen LogP contribution in [0.2, 0.25) is 0 Å². The Bertz CT molecular complexity index is 1550. The van der Waals surface area contributed by atoms with Crippen LogP contribution in [0.3, 0.4) is 0 Å². The van der Waals surface area contributed by atoms with Crippen molar-refractivity contribution in [2.24, 2.45) is 28.6 Å². The number of halogens is 1. The number of alkyl halides is 1. The van der Waals surface area contributed by atoms with E-state index in [1.807, 2.05) is 6.92 Å². The van der Waals surface area contributed by atoms with Crippen LogP contribution in [0.25, 0.3) is 0 Å². The second-order valence-corrected chi connectivity index (χ2v) is 13.6. The lowest BCUT2D eigenvalue weighted by molar-refractivity contribution is -0.385. The first kappa shape index (κ1) is 31.3. The highest BCUT2D eigenvalue weighted by Gasteiger charge is 2.81. The summed E-state index contributed by atoms with van der Waals surface area (Å²) in [5.41, 5.74) is -5.88. The Morgan fingerprint density at radius 1 is 1.27 bits per heavy atom. The van der Waals surface area contributed by atoms with Gasteiger partial charge in [-0.15, -0.1) is 0 Å². The second-order valence-electron chi connectivity index (χ2n) is 13.6. The van der Waals surface area contributed by atoms with Crippen LogP contribution in [0.4, 0.5) is 10.1 Å². The summed E-state index contributed by atoms with van der Waals surface area (Å²) in [6.45, 7) is 6.37. The zero-order valence-corrected chi connectivity index (χ0v) is 26.0. The number of carbonyl (C=O) groups excluding carboxylic acids is 3. The fraction of sp³-hybridized carbons (Fsp3) is 0.606. The van der Waals surface area contributed by atoms with Gasteiger partial charge in [0, 0.05) is 22.8 Å². The Morgan fingerprint density at radius 2 is 2.00 bits per heavy atom. The van der Waals surface area contributed by atoms with Gasteiger partial charge in [0.15, 0.2) is 23.6 Å². The lowest BCUT2D eigenvalue weighted by atomic mass is 9.43. The lowest BCUT2D eigenvalue weighted by Crippen LogP contribution is -2.76. The van der Waals surface area contributed by atoms with E-state index < -0.39 is 74.8 Å². The van der Waals surface area contributed by atoms with Crippen molar-refractivity contribution in [1.29, 1.82) is 0 Å². The largest absolute Gasteiger partial charge is 0.496 e.